The predicted octanol–water partition coefficient (Wildman–Crippen LogP) is 4.51. The molecule has 2 heteroatoms. The molecule has 0 heterocycles. The molecule has 3 aromatic carbocycles. The van der Waals surface area contributed by atoms with Crippen molar-refractivity contribution in [3.8, 4) is 0 Å². The summed E-state index contributed by atoms with van der Waals surface area (Å²) < 4.78 is 0. The number of benzene rings is 3. The van der Waals surface area contributed by atoms with Crippen molar-refractivity contribution in [1.82, 2.24) is 0 Å². The Morgan fingerprint density at radius 1 is 0.818 bits per heavy atom. The van der Waals surface area contributed by atoms with Crippen molar-refractivity contribution >= 4 is 22.4 Å². The molecule has 0 aliphatic heterocycles. The molecule has 0 atom stereocenters. The lowest BCUT2D eigenvalue weighted by molar-refractivity contribution is -0.118. The number of carbonyl (C=O) groups is 1. The predicted molar refractivity (Wildman–Crippen MR) is 89.9 cm³/mol. The van der Waals surface area contributed by atoms with Crippen LogP contribution in [0.3, 0.4) is 0 Å². The van der Waals surface area contributed by atoms with Crippen molar-refractivity contribution in [2.45, 2.75) is 18.3 Å². The first kappa shape index (κ1) is 13.1. The van der Waals surface area contributed by atoms with Gasteiger partial charge in [0.1, 0.15) is 0 Å². The Balaban J connectivity index is 1.67. The Labute approximate surface area is 129 Å². The van der Waals surface area contributed by atoms with Crippen molar-refractivity contribution < 1.29 is 4.79 Å². The number of hydrogen-bond acceptors (Lipinski definition) is 1. The summed E-state index contributed by atoms with van der Waals surface area (Å²) in [6, 6.07) is 24.2. The molecule has 4 rings (SSSR count). The maximum Gasteiger partial charge on any atom is 0.235 e. The molecule has 1 fully saturated rings. The van der Waals surface area contributed by atoms with Crippen LogP contribution in [0.15, 0.2) is 72.8 Å². The summed E-state index contributed by atoms with van der Waals surface area (Å²) >= 11 is 0. The third-order valence-corrected chi connectivity index (χ3v) is 4.55. The summed E-state index contributed by atoms with van der Waals surface area (Å²) in [5.74, 6) is 0.107. The molecule has 1 saturated carbocycles. The van der Waals surface area contributed by atoms with Crippen molar-refractivity contribution in [3.63, 3.8) is 0 Å². The van der Waals surface area contributed by atoms with E-state index in [4.69, 9.17) is 0 Å². The molecular formula is C20H17NO. The van der Waals surface area contributed by atoms with Crippen LogP contribution in [-0.2, 0) is 10.2 Å². The Kier molecular flexibility index (Phi) is 2.97. The summed E-state index contributed by atoms with van der Waals surface area (Å²) in [5.41, 5.74) is 1.68. The van der Waals surface area contributed by atoms with Gasteiger partial charge in [0.15, 0.2) is 0 Å². The number of hydrogen-bond donors (Lipinski definition) is 1. The standard InChI is InChI=1S/C20H17NO/c22-19(20(13-14-20)16-9-2-1-3-10-16)21-18-12-6-8-15-7-4-5-11-17(15)18/h1-12H,13-14H2,(H,21,22). The Hall–Kier alpha value is -2.61. The second-order valence-corrected chi connectivity index (χ2v) is 5.93. The maximum absolute atomic E-state index is 12.8. The van der Waals surface area contributed by atoms with Gasteiger partial charge in [0.2, 0.25) is 5.91 Å². The molecule has 22 heavy (non-hydrogen) atoms. The normalized spacial score (nSPS) is 15.5. The second-order valence-electron chi connectivity index (χ2n) is 5.93. The summed E-state index contributed by atoms with van der Waals surface area (Å²) in [6.45, 7) is 0. The van der Waals surface area contributed by atoms with E-state index in [0.29, 0.717) is 0 Å². The second kappa shape index (κ2) is 4.99. The van der Waals surface area contributed by atoms with Crippen LogP contribution in [0, 0.1) is 0 Å². The van der Waals surface area contributed by atoms with E-state index < -0.39 is 0 Å². The lowest BCUT2D eigenvalue weighted by atomic mass is 9.95. The van der Waals surface area contributed by atoms with Crippen LogP contribution in [0.5, 0.6) is 0 Å². The fourth-order valence-electron chi connectivity index (χ4n) is 3.11. The number of rotatable bonds is 3. The number of nitrogens with one attached hydrogen (secondary N) is 1. The quantitative estimate of drug-likeness (QED) is 0.754. The summed E-state index contributed by atoms with van der Waals surface area (Å²) in [4.78, 5) is 12.8. The van der Waals surface area contributed by atoms with Gasteiger partial charge in [-0.2, -0.15) is 0 Å². The van der Waals surface area contributed by atoms with Gasteiger partial charge in [-0.15, -0.1) is 0 Å². The fourth-order valence-corrected chi connectivity index (χ4v) is 3.11. The summed E-state index contributed by atoms with van der Waals surface area (Å²) in [6.07, 6.45) is 1.85. The van der Waals surface area contributed by atoms with E-state index in [1.54, 1.807) is 0 Å². The molecule has 108 valence electrons. The van der Waals surface area contributed by atoms with E-state index in [2.05, 4.69) is 29.6 Å². The van der Waals surface area contributed by atoms with Crippen molar-refractivity contribution in [2.75, 3.05) is 5.32 Å². The van der Waals surface area contributed by atoms with Gasteiger partial charge in [0.25, 0.3) is 0 Å². The maximum atomic E-state index is 12.8. The molecule has 2 nitrogen and oxygen atoms in total. The Morgan fingerprint density at radius 3 is 2.27 bits per heavy atom. The minimum atomic E-state index is -0.335. The lowest BCUT2D eigenvalue weighted by Crippen LogP contribution is -2.27. The van der Waals surface area contributed by atoms with Gasteiger partial charge >= 0.3 is 0 Å². The first-order valence-corrected chi connectivity index (χ1v) is 7.64. The van der Waals surface area contributed by atoms with E-state index in [-0.39, 0.29) is 11.3 Å². The van der Waals surface area contributed by atoms with Gasteiger partial charge in [0, 0.05) is 11.1 Å². The smallest absolute Gasteiger partial charge is 0.235 e. The van der Waals surface area contributed by atoms with Crippen LogP contribution in [-0.4, -0.2) is 5.91 Å². The molecule has 1 aliphatic rings. The van der Waals surface area contributed by atoms with Gasteiger partial charge in [-0.05, 0) is 29.9 Å². The number of anilines is 1. The molecule has 0 spiro atoms. The van der Waals surface area contributed by atoms with Crippen molar-refractivity contribution in [3.05, 3.63) is 78.4 Å². The number of carbonyl (C=O) groups excluding carboxylic acids is 1. The van der Waals surface area contributed by atoms with Gasteiger partial charge in [-0.3, -0.25) is 4.79 Å². The molecule has 0 unspecified atom stereocenters. The van der Waals surface area contributed by atoms with E-state index in [1.165, 1.54) is 0 Å². The fraction of sp³-hybridized carbons (Fsp3) is 0.150. The molecule has 3 aromatic rings. The van der Waals surface area contributed by atoms with E-state index in [1.807, 2.05) is 48.5 Å². The third kappa shape index (κ3) is 2.08. The summed E-state index contributed by atoms with van der Waals surface area (Å²) in [5, 5.41) is 5.38. The molecule has 0 bridgehead atoms. The van der Waals surface area contributed by atoms with E-state index >= 15 is 0 Å². The van der Waals surface area contributed by atoms with E-state index in [9.17, 15) is 4.79 Å². The van der Waals surface area contributed by atoms with Crippen molar-refractivity contribution in [2.24, 2.45) is 0 Å². The molecule has 0 radical (unpaired) electrons. The average Bonchev–Trinajstić information content (AvgIpc) is 3.38. The monoisotopic (exact) mass is 287 g/mol. The highest BCUT2D eigenvalue weighted by Gasteiger charge is 2.51. The average molecular weight is 287 g/mol. The Morgan fingerprint density at radius 2 is 1.50 bits per heavy atom. The van der Waals surface area contributed by atoms with Gasteiger partial charge in [0.05, 0.1) is 5.41 Å². The SMILES string of the molecule is O=C(Nc1cccc2ccccc12)C1(c2ccccc2)CC1. The first-order chi connectivity index (χ1) is 10.8. The molecule has 1 aliphatic carbocycles. The zero-order valence-electron chi connectivity index (χ0n) is 12.3. The molecule has 1 amide bonds. The highest BCUT2D eigenvalue weighted by Crippen LogP contribution is 2.49. The van der Waals surface area contributed by atoms with Crippen molar-refractivity contribution in [1.29, 1.82) is 0 Å². The first-order valence-electron chi connectivity index (χ1n) is 7.64. The zero-order valence-corrected chi connectivity index (χ0v) is 12.3. The highest BCUT2D eigenvalue weighted by molar-refractivity contribution is 6.07. The summed E-state index contributed by atoms with van der Waals surface area (Å²) in [7, 11) is 0. The van der Waals surface area contributed by atoms with Crippen LogP contribution in [0.25, 0.3) is 10.8 Å². The van der Waals surface area contributed by atoms with Crippen LogP contribution < -0.4 is 5.32 Å². The minimum Gasteiger partial charge on any atom is -0.325 e. The minimum absolute atomic E-state index is 0.107. The highest BCUT2D eigenvalue weighted by atomic mass is 16.2. The van der Waals surface area contributed by atoms with Crippen LogP contribution in [0.1, 0.15) is 18.4 Å². The van der Waals surface area contributed by atoms with Gasteiger partial charge < -0.3 is 5.32 Å². The van der Waals surface area contributed by atoms with Crippen LogP contribution in [0.2, 0.25) is 0 Å². The lowest BCUT2D eigenvalue weighted by Gasteiger charge is -2.17. The molecular weight excluding hydrogens is 270 g/mol. The van der Waals surface area contributed by atoms with Crippen LogP contribution >= 0.6 is 0 Å². The molecule has 0 aromatic heterocycles. The van der Waals surface area contributed by atoms with E-state index in [0.717, 1.165) is 34.9 Å². The Bertz CT molecular complexity index is 829. The van der Waals surface area contributed by atoms with Gasteiger partial charge in [-0.1, -0.05) is 66.7 Å². The number of fused-ring (bicyclic) bond motifs is 1. The van der Waals surface area contributed by atoms with Gasteiger partial charge in [-0.25, -0.2) is 0 Å². The molecule has 1 N–H and O–H groups in total. The molecule has 0 saturated heterocycles. The third-order valence-electron chi connectivity index (χ3n) is 4.55. The topological polar surface area (TPSA) is 29.1 Å². The van der Waals surface area contributed by atoms with Crippen LogP contribution in [0.4, 0.5) is 5.69 Å². The largest absolute Gasteiger partial charge is 0.325 e. The number of amides is 1. The zero-order chi connectivity index (χ0) is 15.0.